The summed E-state index contributed by atoms with van der Waals surface area (Å²) in [6, 6.07) is 7.76. The second kappa shape index (κ2) is 6.66. The van der Waals surface area contributed by atoms with Crippen LogP contribution in [0.25, 0.3) is 11.4 Å². The molecule has 0 saturated carbocycles. The van der Waals surface area contributed by atoms with Gasteiger partial charge in [-0.2, -0.15) is 4.80 Å². The van der Waals surface area contributed by atoms with Crippen molar-refractivity contribution in [3.63, 3.8) is 0 Å². The number of carbonyl (C=O) groups excluding carboxylic acids is 1. The fraction of sp³-hybridized carbons (Fsp3) is 0.500. The number of benzene rings is 1. The lowest BCUT2D eigenvalue weighted by Gasteiger charge is -2.38. The lowest BCUT2D eigenvalue weighted by atomic mass is 9.97. The van der Waals surface area contributed by atoms with Gasteiger partial charge in [0.25, 0.3) is 0 Å². The van der Waals surface area contributed by atoms with Gasteiger partial charge in [-0.25, -0.2) is 0 Å². The molecule has 0 bridgehead atoms. The highest BCUT2D eigenvalue weighted by molar-refractivity contribution is 6.30. The number of nitrogens with zero attached hydrogens (tertiary/aromatic N) is 5. The molecule has 2 aromatic rings. The van der Waals surface area contributed by atoms with Crippen LogP contribution in [0.2, 0.25) is 5.02 Å². The lowest BCUT2D eigenvalue weighted by molar-refractivity contribution is -0.138. The number of amides is 1. The van der Waals surface area contributed by atoms with Crippen molar-refractivity contribution in [2.24, 2.45) is 0 Å². The summed E-state index contributed by atoms with van der Waals surface area (Å²) >= 11 is 5.87. The lowest BCUT2D eigenvalue weighted by Crippen LogP contribution is -2.48. The van der Waals surface area contributed by atoms with Gasteiger partial charge in [0, 0.05) is 22.7 Å². The number of hydrogen-bond donors (Lipinski definition) is 0. The van der Waals surface area contributed by atoms with Gasteiger partial charge in [-0.15, -0.1) is 10.2 Å². The van der Waals surface area contributed by atoms with E-state index in [1.807, 2.05) is 17.0 Å². The first-order valence-corrected chi connectivity index (χ1v) is 8.27. The van der Waals surface area contributed by atoms with Crippen LogP contribution in [0.5, 0.6) is 0 Å². The minimum atomic E-state index is 0.0461. The zero-order chi connectivity index (χ0) is 16.4. The van der Waals surface area contributed by atoms with Gasteiger partial charge < -0.3 is 4.90 Å². The molecule has 122 valence electrons. The van der Waals surface area contributed by atoms with Gasteiger partial charge >= 0.3 is 0 Å². The van der Waals surface area contributed by atoms with E-state index in [-0.39, 0.29) is 24.5 Å². The maximum Gasteiger partial charge on any atom is 0.246 e. The normalized spacial score (nSPS) is 21.4. The molecule has 1 aliphatic rings. The standard InChI is InChI=1S/C16H20ClN5O/c1-11-4-3-5-12(2)22(11)15(23)10-21-19-16(18-20-21)13-6-8-14(17)9-7-13/h6-9,11-12H,3-5,10H2,1-2H3/t11-,12-/m1/s1. The molecular weight excluding hydrogens is 314 g/mol. The molecule has 7 heteroatoms. The number of aromatic nitrogens is 4. The highest BCUT2D eigenvalue weighted by Gasteiger charge is 2.29. The Morgan fingerprint density at radius 3 is 2.52 bits per heavy atom. The summed E-state index contributed by atoms with van der Waals surface area (Å²) < 4.78 is 0. The molecule has 6 nitrogen and oxygen atoms in total. The summed E-state index contributed by atoms with van der Waals surface area (Å²) in [5.74, 6) is 0.541. The second-order valence-corrected chi connectivity index (χ2v) is 6.52. The predicted molar refractivity (Wildman–Crippen MR) is 87.9 cm³/mol. The van der Waals surface area contributed by atoms with Crippen LogP contribution < -0.4 is 0 Å². The van der Waals surface area contributed by atoms with Crippen LogP contribution >= 0.6 is 11.6 Å². The van der Waals surface area contributed by atoms with Crippen LogP contribution in [0.4, 0.5) is 0 Å². The topological polar surface area (TPSA) is 63.9 Å². The molecule has 1 aromatic carbocycles. The maximum atomic E-state index is 12.6. The monoisotopic (exact) mass is 333 g/mol. The summed E-state index contributed by atoms with van der Waals surface area (Å²) in [6.07, 6.45) is 3.28. The van der Waals surface area contributed by atoms with Crippen molar-refractivity contribution in [3.8, 4) is 11.4 Å². The Bertz CT molecular complexity index is 674. The van der Waals surface area contributed by atoms with Crippen LogP contribution in [-0.2, 0) is 11.3 Å². The molecule has 0 N–H and O–H groups in total. The Kier molecular flexibility index (Phi) is 4.61. The smallest absolute Gasteiger partial charge is 0.246 e. The Morgan fingerprint density at radius 1 is 1.22 bits per heavy atom. The number of rotatable bonds is 3. The largest absolute Gasteiger partial charge is 0.336 e. The summed E-state index contributed by atoms with van der Waals surface area (Å²) in [7, 11) is 0. The summed E-state index contributed by atoms with van der Waals surface area (Å²) in [5, 5.41) is 13.0. The quantitative estimate of drug-likeness (QED) is 0.866. The van der Waals surface area contributed by atoms with Gasteiger partial charge in [0.1, 0.15) is 6.54 Å². The second-order valence-electron chi connectivity index (χ2n) is 6.08. The van der Waals surface area contributed by atoms with Gasteiger partial charge in [0.15, 0.2) is 0 Å². The summed E-state index contributed by atoms with van der Waals surface area (Å²) in [5.41, 5.74) is 0.827. The predicted octanol–water partition coefficient (Wildman–Crippen LogP) is 2.78. The van der Waals surface area contributed by atoms with E-state index in [0.29, 0.717) is 10.8 Å². The molecule has 2 heterocycles. The van der Waals surface area contributed by atoms with Crippen molar-refractivity contribution >= 4 is 17.5 Å². The third kappa shape index (κ3) is 3.52. The molecule has 3 rings (SSSR count). The zero-order valence-corrected chi connectivity index (χ0v) is 14.1. The van der Waals surface area contributed by atoms with E-state index in [1.54, 1.807) is 12.1 Å². The van der Waals surface area contributed by atoms with Gasteiger partial charge in [-0.3, -0.25) is 4.79 Å². The van der Waals surface area contributed by atoms with Gasteiger partial charge in [0.2, 0.25) is 11.7 Å². The van der Waals surface area contributed by atoms with Crippen molar-refractivity contribution in [3.05, 3.63) is 29.3 Å². The van der Waals surface area contributed by atoms with E-state index in [9.17, 15) is 4.79 Å². The molecule has 23 heavy (non-hydrogen) atoms. The minimum Gasteiger partial charge on any atom is -0.336 e. The maximum absolute atomic E-state index is 12.6. The van der Waals surface area contributed by atoms with Gasteiger partial charge in [-0.1, -0.05) is 11.6 Å². The SMILES string of the molecule is C[C@@H]1CCC[C@@H](C)N1C(=O)Cn1nnc(-c2ccc(Cl)cc2)n1. The van der Waals surface area contributed by atoms with Crippen molar-refractivity contribution in [2.75, 3.05) is 0 Å². The average Bonchev–Trinajstić information content (AvgIpc) is 2.96. The van der Waals surface area contributed by atoms with Crippen LogP contribution in [0.3, 0.4) is 0 Å². The van der Waals surface area contributed by atoms with Crippen LogP contribution in [0.15, 0.2) is 24.3 Å². The Morgan fingerprint density at radius 2 is 1.87 bits per heavy atom. The first-order chi connectivity index (χ1) is 11.0. The van der Waals surface area contributed by atoms with Crippen LogP contribution in [0, 0.1) is 0 Å². The van der Waals surface area contributed by atoms with Crippen LogP contribution in [0.1, 0.15) is 33.1 Å². The Labute approximate surface area is 140 Å². The minimum absolute atomic E-state index is 0.0461. The molecule has 1 saturated heterocycles. The molecule has 1 amide bonds. The third-order valence-electron chi connectivity index (χ3n) is 4.31. The van der Waals surface area contributed by atoms with Gasteiger partial charge in [0.05, 0.1) is 0 Å². The molecule has 1 aromatic heterocycles. The number of likely N-dealkylation sites (tertiary alicyclic amines) is 1. The first-order valence-electron chi connectivity index (χ1n) is 7.89. The third-order valence-corrected chi connectivity index (χ3v) is 4.57. The number of hydrogen-bond acceptors (Lipinski definition) is 4. The average molecular weight is 334 g/mol. The molecule has 2 atom stereocenters. The molecule has 1 fully saturated rings. The van der Waals surface area contributed by atoms with E-state index in [2.05, 4.69) is 29.3 Å². The van der Waals surface area contributed by atoms with Crippen molar-refractivity contribution in [1.29, 1.82) is 0 Å². The van der Waals surface area contributed by atoms with E-state index < -0.39 is 0 Å². The van der Waals surface area contributed by atoms with Crippen molar-refractivity contribution in [2.45, 2.75) is 51.7 Å². The van der Waals surface area contributed by atoms with E-state index in [0.717, 1.165) is 18.4 Å². The van der Waals surface area contributed by atoms with E-state index >= 15 is 0 Å². The van der Waals surface area contributed by atoms with E-state index in [4.69, 9.17) is 11.6 Å². The molecule has 0 unspecified atom stereocenters. The first kappa shape index (κ1) is 15.9. The van der Waals surface area contributed by atoms with Crippen LogP contribution in [-0.4, -0.2) is 43.1 Å². The molecule has 0 spiro atoms. The Hall–Kier alpha value is -1.95. The number of piperidine rings is 1. The molecule has 0 radical (unpaired) electrons. The van der Waals surface area contributed by atoms with Gasteiger partial charge in [-0.05, 0) is 62.6 Å². The fourth-order valence-electron chi connectivity index (χ4n) is 3.14. The zero-order valence-electron chi connectivity index (χ0n) is 13.3. The number of halogens is 1. The Balaban J connectivity index is 1.71. The van der Waals surface area contributed by atoms with Crippen molar-refractivity contribution in [1.82, 2.24) is 25.1 Å². The fourth-order valence-corrected chi connectivity index (χ4v) is 3.27. The van der Waals surface area contributed by atoms with Crippen molar-refractivity contribution < 1.29 is 4.79 Å². The molecular formula is C16H20ClN5O. The van der Waals surface area contributed by atoms with E-state index in [1.165, 1.54) is 11.2 Å². The molecule has 1 aliphatic heterocycles. The summed E-state index contributed by atoms with van der Waals surface area (Å²) in [4.78, 5) is 15.9. The number of carbonyl (C=O) groups is 1. The highest BCUT2D eigenvalue weighted by Crippen LogP contribution is 2.23. The molecule has 0 aliphatic carbocycles. The number of tetrazole rings is 1. The summed E-state index contributed by atoms with van der Waals surface area (Å²) in [6.45, 7) is 4.32. The highest BCUT2D eigenvalue weighted by atomic mass is 35.5.